The summed E-state index contributed by atoms with van der Waals surface area (Å²) in [5, 5.41) is 8.30. The fourth-order valence-corrected chi connectivity index (χ4v) is 6.21. The van der Waals surface area contributed by atoms with Crippen molar-refractivity contribution in [3.63, 3.8) is 0 Å². The number of hydrogen-bond donors (Lipinski definition) is 0. The van der Waals surface area contributed by atoms with Crippen molar-refractivity contribution in [3.8, 4) is 11.1 Å². The Morgan fingerprint density at radius 3 is 2.22 bits per heavy atom. The molecule has 0 heteroatoms. The molecule has 0 atom stereocenters. The molecule has 5 aromatic carbocycles. The first-order chi connectivity index (χ1) is 15.6. The molecule has 0 radical (unpaired) electrons. The minimum absolute atomic E-state index is 0.0822. The average Bonchev–Trinajstić information content (AvgIpc) is 2.82. The second-order valence-corrected chi connectivity index (χ2v) is 9.34. The zero-order valence-corrected chi connectivity index (χ0v) is 19.3. The maximum Gasteiger partial charge on any atom is 0.0171 e. The molecule has 0 saturated carbocycles. The molecule has 0 spiro atoms. The summed E-state index contributed by atoms with van der Waals surface area (Å²) in [4.78, 5) is 0. The normalized spacial score (nSPS) is 14.9. The first-order valence-corrected chi connectivity index (χ1v) is 11.9. The fraction of sp³-hybridized carbons (Fsp3) is 0.188. The Morgan fingerprint density at radius 2 is 1.38 bits per heavy atom. The van der Waals surface area contributed by atoms with E-state index in [4.69, 9.17) is 0 Å². The van der Waals surface area contributed by atoms with Crippen LogP contribution in [0.15, 0.2) is 78.9 Å². The third kappa shape index (κ3) is 2.38. The summed E-state index contributed by atoms with van der Waals surface area (Å²) in [5.41, 5.74) is 8.53. The van der Waals surface area contributed by atoms with Crippen molar-refractivity contribution < 1.29 is 0 Å². The van der Waals surface area contributed by atoms with E-state index in [0.29, 0.717) is 0 Å². The van der Waals surface area contributed by atoms with Crippen molar-refractivity contribution in [3.05, 3.63) is 101 Å². The Balaban J connectivity index is 0.000000953. The zero-order valence-electron chi connectivity index (χ0n) is 19.3. The summed E-state index contributed by atoms with van der Waals surface area (Å²) >= 11 is 0. The second kappa shape index (κ2) is 6.81. The molecule has 0 fully saturated rings. The van der Waals surface area contributed by atoms with Gasteiger partial charge >= 0.3 is 0 Å². The van der Waals surface area contributed by atoms with E-state index in [1.165, 1.54) is 65.7 Å². The van der Waals surface area contributed by atoms with Crippen molar-refractivity contribution in [2.24, 2.45) is 0 Å². The van der Waals surface area contributed by atoms with Crippen LogP contribution in [0, 0.1) is 0 Å². The predicted octanol–water partition coefficient (Wildman–Crippen LogP) is 9.05. The maximum atomic E-state index is 2.45. The molecule has 0 aromatic heterocycles. The summed E-state index contributed by atoms with van der Waals surface area (Å²) in [6.45, 7) is 8.85. The molecule has 7 rings (SSSR count). The number of hydrogen-bond acceptors (Lipinski definition) is 0. The molecule has 2 aliphatic carbocycles. The molecule has 156 valence electrons. The number of allylic oxidation sites excluding steroid dienone is 1. The lowest BCUT2D eigenvalue weighted by Crippen LogP contribution is -2.26. The van der Waals surface area contributed by atoms with E-state index < -0.39 is 0 Å². The van der Waals surface area contributed by atoms with Crippen molar-refractivity contribution in [1.29, 1.82) is 0 Å². The molecule has 0 bridgehead atoms. The molecule has 0 amide bonds. The van der Waals surface area contributed by atoms with Gasteiger partial charge in [0, 0.05) is 5.41 Å². The van der Waals surface area contributed by atoms with E-state index in [2.05, 4.69) is 98.8 Å². The highest BCUT2D eigenvalue weighted by Gasteiger charge is 2.37. The van der Waals surface area contributed by atoms with Gasteiger partial charge in [-0.1, -0.05) is 101 Å². The summed E-state index contributed by atoms with van der Waals surface area (Å²) in [7, 11) is 0. The first kappa shape index (κ1) is 19.3. The number of fused-ring (bicyclic) bond motifs is 5. The van der Waals surface area contributed by atoms with Crippen LogP contribution >= 0.6 is 0 Å². The lowest BCUT2D eigenvalue weighted by Gasteiger charge is -2.38. The molecule has 0 N–H and O–H groups in total. The minimum atomic E-state index is -0.0822. The van der Waals surface area contributed by atoms with Gasteiger partial charge < -0.3 is 0 Å². The fourth-order valence-electron chi connectivity index (χ4n) is 6.21. The van der Waals surface area contributed by atoms with Crippen LogP contribution in [0.4, 0.5) is 0 Å². The summed E-state index contributed by atoms with van der Waals surface area (Å²) in [6, 6.07) is 27.3. The highest BCUT2D eigenvalue weighted by atomic mass is 14.4. The monoisotopic (exact) mass is 412 g/mol. The van der Waals surface area contributed by atoms with E-state index in [1.807, 2.05) is 13.8 Å². The molecule has 5 aromatic rings. The van der Waals surface area contributed by atoms with Gasteiger partial charge in [0.2, 0.25) is 0 Å². The topological polar surface area (TPSA) is 0 Å². The lowest BCUT2D eigenvalue weighted by molar-refractivity contribution is 0.650. The Hall–Kier alpha value is -3.38. The third-order valence-electron chi connectivity index (χ3n) is 7.34. The van der Waals surface area contributed by atoms with Gasteiger partial charge in [-0.3, -0.25) is 0 Å². The van der Waals surface area contributed by atoms with Crippen LogP contribution in [0.3, 0.4) is 0 Å². The van der Waals surface area contributed by atoms with E-state index in [1.54, 1.807) is 0 Å². The Kier molecular flexibility index (Phi) is 4.11. The van der Waals surface area contributed by atoms with Gasteiger partial charge in [0.25, 0.3) is 0 Å². The van der Waals surface area contributed by atoms with Gasteiger partial charge in [0.1, 0.15) is 0 Å². The van der Waals surface area contributed by atoms with Gasteiger partial charge in [-0.2, -0.15) is 0 Å². The van der Waals surface area contributed by atoms with Gasteiger partial charge in [0.15, 0.2) is 0 Å². The molecule has 2 aliphatic rings. The van der Waals surface area contributed by atoms with Crippen LogP contribution in [0.2, 0.25) is 0 Å². The summed E-state index contributed by atoms with van der Waals surface area (Å²) in [6.07, 6.45) is 5.75. The molecule has 0 heterocycles. The van der Waals surface area contributed by atoms with Gasteiger partial charge in [-0.25, -0.2) is 0 Å². The first-order valence-electron chi connectivity index (χ1n) is 11.9. The number of rotatable bonds is 0. The van der Waals surface area contributed by atoms with Crippen LogP contribution in [0.5, 0.6) is 0 Å². The van der Waals surface area contributed by atoms with E-state index in [0.717, 1.165) is 6.42 Å². The predicted molar refractivity (Wildman–Crippen MR) is 141 cm³/mol. The van der Waals surface area contributed by atoms with E-state index >= 15 is 0 Å². The van der Waals surface area contributed by atoms with Crippen LogP contribution in [-0.4, -0.2) is 0 Å². The quantitative estimate of drug-likeness (QED) is 0.223. The van der Waals surface area contributed by atoms with Gasteiger partial charge in [-0.15, -0.1) is 0 Å². The lowest BCUT2D eigenvalue weighted by atomic mass is 9.64. The molecule has 0 unspecified atom stereocenters. The summed E-state index contributed by atoms with van der Waals surface area (Å²) < 4.78 is 0. The van der Waals surface area contributed by atoms with E-state index in [9.17, 15) is 0 Å². The van der Waals surface area contributed by atoms with Crippen molar-refractivity contribution in [1.82, 2.24) is 0 Å². The largest absolute Gasteiger partial charge is 0.0795 e. The molecule has 0 nitrogen and oxygen atoms in total. The van der Waals surface area contributed by atoms with Gasteiger partial charge in [-0.05, 0) is 84.3 Å². The van der Waals surface area contributed by atoms with Gasteiger partial charge in [0.05, 0.1) is 0 Å². The van der Waals surface area contributed by atoms with Crippen molar-refractivity contribution in [2.45, 2.75) is 39.5 Å². The SMILES string of the molecule is CC.CC1(C)c2c(cc3cccc4c3c2C=CC4)-c2cccc3cc4ccccc4c1c23. The molecular formula is C32H28. The second-order valence-electron chi connectivity index (χ2n) is 9.34. The highest BCUT2D eigenvalue weighted by molar-refractivity contribution is 6.14. The average molecular weight is 413 g/mol. The van der Waals surface area contributed by atoms with Crippen LogP contribution in [-0.2, 0) is 11.8 Å². The third-order valence-corrected chi connectivity index (χ3v) is 7.34. The molecule has 0 saturated heterocycles. The summed E-state index contributed by atoms with van der Waals surface area (Å²) in [5.74, 6) is 0. The molecular weight excluding hydrogens is 384 g/mol. The van der Waals surface area contributed by atoms with Crippen molar-refractivity contribution in [2.75, 3.05) is 0 Å². The molecule has 0 aliphatic heterocycles. The highest BCUT2D eigenvalue weighted by Crippen LogP contribution is 2.54. The molecule has 32 heavy (non-hydrogen) atoms. The van der Waals surface area contributed by atoms with E-state index in [-0.39, 0.29) is 5.41 Å². The number of benzene rings is 5. The Morgan fingerprint density at radius 1 is 0.656 bits per heavy atom. The van der Waals surface area contributed by atoms with Crippen molar-refractivity contribution >= 4 is 38.4 Å². The maximum absolute atomic E-state index is 2.45. The Bertz CT molecular complexity index is 1580. The Labute approximate surface area is 190 Å². The minimum Gasteiger partial charge on any atom is -0.0795 e. The smallest absolute Gasteiger partial charge is 0.0171 e. The van der Waals surface area contributed by atoms with Crippen LogP contribution < -0.4 is 0 Å². The standard InChI is InChI=1S/C30H22.C2H6/c1-30(2)28-24-15-6-10-18-9-5-11-21(26(18)24)17-25(28)23-14-7-12-20-16-19-8-3-4-13-22(19)29(30)27(20)23;1-2/h3-9,11-17H,10H2,1-2H3;1-2H3. The van der Waals surface area contributed by atoms with Crippen LogP contribution in [0.25, 0.3) is 49.5 Å². The zero-order chi connectivity index (χ0) is 22.0. The van der Waals surface area contributed by atoms with Crippen LogP contribution in [0.1, 0.15) is 49.9 Å².